The first-order valence-electron chi connectivity index (χ1n) is 35.2. The monoisotopic (exact) mass is 1330 g/mol. The topological polar surface area (TPSA) is 51.6 Å². The number of hydrogen-bond donors (Lipinski definition) is 0. The summed E-state index contributed by atoms with van der Waals surface area (Å²) in [4.78, 5) is 14.2. The van der Waals surface area contributed by atoms with Crippen LogP contribution in [-0.2, 0) is 12.8 Å². The lowest BCUT2D eigenvalue weighted by Crippen LogP contribution is -2.05. The highest BCUT2D eigenvalue weighted by Crippen LogP contribution is 2.49. The second-order valence-corrected chi connectivity index (χ2v) is 31.1. The lowest BCUT2D eigenvalue weighted by atomic mass is 9.89. The molecule has 8 aromatic rings. The van der Waals surface area contributed by atoms with E-state index in [1.165, 1.54) is 308 Å². The summed E-state index contributed by atoms with van der Waals surface area (Å²) in [5.41, 5.74) is 10.7. The van der Waals surface area contributed by atoms with E-state index in [9.17, 15) is 0 Å². The van der Waals surface area contributed by atoms with Crippen LogP contribution in [0.25, 0.3) is 75.5 Å². The maximum atomic E-state index is 5.90. The summed E-state index contributed by atoms with van der Waals surface area (Å²) in [6.07, 6.45) is 57.2. The molecule has 0 bridgehead atoms. The van der Waals surface area contributed by atoms with Crippen LogP contribution in [0.15, 0.2) is 68.2 Å². The summed E-state index contributed by atoms with van der Waals surface area (Å²) in [5, 5.41) is 4.72. The van der Waals surface area contributed by atoms with E-state index in [-0.39, 0.29) is 0 Å². The van der Waals surface area contributed by atoms with Gasteiger partial charge in [-0.15, -0.1) is 22.7 Å². The Bertz CT molecular complexity index is 2960. The van der Waals surface area contributed by atoms with E-state index < -0.39 is 0 Å². The molecule has 0 radical (unpaired) electrons. The van der Waals surface area contributed by atoms with Gasteiger partial charge in [0.15, 0.2) is 0 Å². The zero-order chi connectivity index (χ0) is 59.3. The first-order valence-corrected chi connectivity index (χ1v) is 39.1. The molecular weight excluding hydrogens is 1220 g/mol. The molecule has 0 amide bonds. The predicted octanol–water partition coefficient (Wildman–Crippen LogP) is 28.1. The Kier molecular flexibility index (Phi) is 31.0. The molecule has 2 atom stereocenters. The molecule has 0 aliphatic heterocycles. The lowest BCUT2D eigenvalue weighted by molar-refractivity contribution is 0.400. The highest BCUT2D eigenvalue weighted by molar-refractivity contribution is 9.11. The second kappa shape index (κ2) is 38.7. The van der Waals surface area contributed by atoms with Gasteiger partial charge in [0, 0.05) is 31.7 Å². The molecule has 0 saturated carbocycles. The molecule has 0 N–H and O–H groups in total. The maximum Gasteiger partial charge on any atom is 0.116 e. The van der Waals surface area contributed by atoms with Crippen LogP contribution in [0.3, 0.4) is 0 Å². The summed E-state index contributed by atoms with van der Waals surface area (Å²) < 4.78 is 13.0. The van der Waals surface area contributed by atoms with Gasteiger partial charge in [-0.05, 0) is 90.6 Å². The van der Waals surface area contributed by atoms with E-state index in [0.29, 0.717) is 11.8 Å². The highest BCUT2D eigenvalue weighted by atomic mass is 79.9. The van der Waals surface area contributed by atoms with Crippen LogP contribution in [0.5, 0.6) is 0 Å². The third kappa shape index (κ3) is 20.6. The van der Waals surface area contributed by atoms with Crippen molar-refractivity contribution >= 4 is 121 Å². The Morgan fingerprint density at radius 3 is 0.894 bits per heavy atom. The number of fused-ring (bicyclic) bond motifs is 8. The van der Waals surface area contributed by atoms with Crippen LogP contribution >= 0.6 is 66.3 Å². The van der Waals surface area contributed by atoms with Crippen LogP contribution in [0.4, 0.5) is 0 Å². The normalized spacial score (nSPS) is 12.8. The van der Waals surface area contributed by atoms with Gasteiger partial charge in [-0.1, -0.05) is 333 Å². The van der Waals surface area contributed by atoms with Crippen molar-refractivity contribution in [2.45, 2.75) is 297 Å². The Hall–Kier alpha value is -2.82. The SMILES string of the molecule is CCCCCCCCCCCCC(CCCCCCCCCC)Cc1cc(-c2c3nsnc3c(-c3cc(CC(CCCCCCCCCC)CCCCCCCCCCCC)c(Br)s3)c3nc4c5ccccc5c5ccccc5c4nc23)sc1Br. The van der Waals surface area contributed by atoms with E-state index in [4.69, 9.17) is 18.7 Å². The van der Waals surface area contributed by atoms with Gasteiger partial charge in [0.25, 0.3) is 0 Å². The maximum absolute atomic E-state index is 5.90. The smallest absolute Gasteiger partial charge is 0.116 e. The van der Waals surface area contributed by atoms with Crippen molar-refractivity contribution < 1.29 is 0 Å². The van der Waals surface area contributed by atoms with Gasteiger partial charge in [0.1, 0.15) is 22.1 Å². The minimum atomic E-state index is 0.678. The van der Waals surface area contributed by atoms with Gasteiger partial charge >= 0.3 is 0 Å². The summed E-state index contributed by atoms with van der Waals surface area (Å²) in [6.45, 7) is 9.28. The van der Waals surface area contributed by atoms with Crippen LogP contribution in [-0.4, -0.2) is 18.7 Å². The van der Waals surface area contributed by atoms with E-state index in [1.54, 1.807) is 0 Å². The first-order chi connectivity index (χ1) is 41.9. The molecule has 0 fully saturated rings. The number of rotatable bonds is 46. The van der Waals surface area contributed by atoms with Crippen molar-refractivity contribution in [1.29, 1.82) is 0 Å². The number of aromatic nitrogens is 4. The number of halogens is 2. The van der Waals surface area contributed by atoms with E-state index in [1.807, 2.05) is 22.7 Å². The third-order valence-corrected chi connectivity index (χ3v) is 23.4. The first kappa shape index (κ1) is 68.1. The fourth-order valence-corrected chi connectivity index (χ4v) is 17.9. The summed E-state index contributed by atoms with van der Waals surface area (Å²) in [5.74, 6) is 1.36. The van der Waals surface area contributed by atoms with Gasteiger partial charge in [-0.2, -0.15) is 8.75 Å². The van der Waals surface area contributed by atoms with Crippen LogP contribution in [0.2, 0.25) is 0 Å². The molecule has 9 heteroatoms. The largest absolute Gasteiger partial charge is 0.243 e. The Balaban J connectivity index is 1.11. The highest BCUT2D eigenvalue weighted by Gasteiger charge is 2.28. The number of benzene rings is 4. The molecule has 4 aromatic carbocycles. The van der Waals surface area contributed by atoms with Crippen molar-refractivity contribution in [2.75, 3.05) is 0 Å². The van der Waals surface area contributed by atoms with Crippen molar-refractivity contribution in [3.63, 3.8) is 0 Å². The number of thiophene rings is 2. The van der Waals surface area contributed by atoms with Crippen LogP contribution < -0.4 is 0 Å². The molecule has 0 aliphatic rings. The molecule has 85 heavy (non-hydrogen) atoms. The van der Waals surface area contributed by atoms with E-state index in [0.717, 1.165) is 67.8 Å². The van der Waals surface area contributed by atoms with Crippen LogP contribution in [0.1, 0.15) is 296 Å². The zero-order valence-electron chi connectivity index (χ0n) is 53.4. The molecule has 2 unspecified atom stereocenters. The molecule has 8 rings (SSSR count). The Morgan fingerprint density at radius 2 is 0.600 bits per heavy atom. The summed E-state index contributed by atoms with van der Waals surface area (Å²) in [7, 11) is 0. The van der Waals surface area contributed by atoms with Gasteiger partial charge in [-0.25, -0.2) is 9.97 Å². The molecule has 4 nitrogen and oxygen atoms in total. The van der Waals surface area contributed by atoms with E-state index in [2.05, 4.69) is 120 Å². The fourth-order valence-electron chi connectivity index (χ4n) is 13.8. The minimum absolute atomic E-state index is 0.678. The van der Waals surface area contributed by atoms with Gasteiger partial charge in [0.05, 0.1) is 30.3 Å². The van der Waals surface area contributed by atoms with E-state index >= 15 is 0 Å². The van der Waals surface area contributed by atoms with Crippen molar-refractivity contribution in [3.05, 3.63) is 79.4 Å². The average molecular weight is 1330 g/mol. The van der Waals surface area contributed by atoms with Crippen molar-refractivity contribution in [2.24, 2.45) is 11.8 Å². The fraction of sp³-hybridized carbons (Fsp3) is 0.632. The zero-order valence-corrected chi connectivity index (χ0v) is 59.0. The number of nitrogens with zero attached hydrogens (tertiary/aromatic N) is 4. The van der Waals surface area contributed by atoms with Gasteiger partial charge < -0.3 is 0 Å². The lowest BCUT2D eigenvalue weighted by Gasteiger charge is -2.17. The van der Waals surface area contributed by atoms with Crippen LogP contribution in [0, 0.1) is 11.8 Å². The molecule has 0 aliphatic carbocycles. The van der Waals surface area contributed by atoms with Crippen molar-refractivity contribution in [1.82, 2.24) is 18.7 Å². The molecule has 464 valence electrons. The molecule has 4 heterocycles. The third-order valence-electron chi connectivity index (χ3n) is 18.9. The van der Waals surface area contributed by atoms with Gasteiger partial charge in [0.2, 0.25) is 0 Å². The standard InChI is InChI=1S/C76H108Br2N4S3/c1-5-9-13-17-21-25-27-31-35-39-47-57(45-37-33-29-23-19-15-11-7-3)53-59-55-65(83-75(59)77)67-71-72(80-70-64-52-44-42-50-62(64)61-49-41-43-51-63(61)69(70)79-71)68(74-73(67)81-85-82-74)66-56-60(76(78)84-66)54-58(46-38-34-30-24-20-16-12-8-4)48-40-36-32-28-26-22-18-14-10-6-2/h41-44,49-52,55-58H,5-40,45-48,53-54H2,1-4H3. The summed E-state index contributed by atoms with van der Waals surface area (Å²) >= 11 is 13.5. The Morgan fingerprint density at radius 1 is 0.329 bits per heavy atom. The second-order valence-electron chi connectivity index (χ2n) is 25.8. The van der Waals surface area contributed by atoms with Crippen molar-refractivity contribution in [3.8, 4) is 20.9 Å². The molecular formula is C76H108Br2N4S3. The Labute approximate surface area is 544 Å². The summed E-state index contributed by atoms with van der Waals surface area (Å²) in [6, 6.07) is 22.7. The quantitative estimate of drug-likeness (QED) is 0.0217. The minimum Gasteiger partial charge on any atom is -0.243 e. The number of unbranched alkanes of at least 4 members (excludes halogenated alkanes) is 32. The molecule has 4 aromatic heterocycles. The molecule has 0 spiro atoms. The number of hydrogen-bond acceptors (Lipinski definition) is 7. The average Bonchev–Trinajstić information content (AvgIpc) is 3.82. The predicted molar refractivity (Wildman–Crippen MR) is 387 cm³/mol. The molecule has 0 saturated heterocycles. The van der Waals surface area contributed by atoms with Gasteiger partial charge in [-0.3, -0.25) is 0 Å².